The lowest BCUT2D eigenvalue weighted by Gasteiger charge is -2.37. The van der Waals surface area contributed by atoms with Crippen molar-refractivity contribution in [1.82, 2.24) is 14.8 Å². The van der Waals surface area contributed by atoms with Gasteiger partial charge in [0.2, 0.25) is 6.33 Å². The Morgan fingerprint density at radius 1 is 1.50 bits per heavy atom. The van der Waals surface area contributed by atoms with E-state index in [2.05, 4.69) is 23.9 Å². The summed E-state index contributed by atoms with van der Waals surface area (Å²) in [6, 6.07) is 0. The van der Waals surface area contributed by atoms with Gasteiger partial charge in [-0.25, -0.2) is 0 Å². The van der Waals surface area contributed by atoms with E-state index >= 15 is 0 Å². The highest BCUT2D eigenvalue weighted by Crippen LogP contribution is 2.66. The molecule has 2 saturated carbocycles. The van der Waals surface area contributed by atoms with E-state index in [9.17, 15) is 10.1 Å². The monoisotopic (exact) mass is 250 g/mol. The molecule has 0 N–H and O–H groups in total. The van der Waals surface area contributed by atoms with Crippen molar-refractivity contribution < 1.29 is 4.92 Å². The molecular formula is C12H18N4O2. The molecule has 2 aliphatic carbocycles. The predicted octanol–water partition coefficient (Wildman–Crippen LogP) is 2.40. The van der Waals surface area contributed by atoms with Crippen LogP contribution in [0.4, 0.5) is 5.95 Å². The molecule has 0 aliphatic heterocycles. The molecule has 3 rings (SSSR count). The van der Waals surface area contributed by atoms with Crippen LogP contribution in [0.5, 0.6) is 0 Å². The Bertz CT molecular complexity index is 486. The zero-order valence-electron chi connectivity index (χ0n) is 10.8. The van der Waals surface area contributed by atoms with E-state index in [0.717, 1.165) is 12.5 Å². The number of hydrogen-bond acceptors (Lipinski definition) is 4. The Balaban J connectivity index is 1.85. The van der Waals surface area contributed by atoms with E-state index in [1.165, 1.54) is 32.0 Å². The SMILES string of the molecule is CC1(C)C2CCC1(Cn1cnc([N+](=O)[O-])n1)CC2. The Morgan fingerprint density at radius 3 is 2.61 bits per heavy atom. The Labute approximate surface area is 106 Å². The normalized spacial score (nSPS) is 32.9. The molecule has 0 radical (unpaired) electrons. The molecule has 18 heavy (non-hydrogen) atoms. The van der Waals surface area contributed by atoms with Crippen LogP contribution in [0.2, 0.25) is 0 Å². The van der Waals surface area contributed by atoms with Gasteiger partial charge in [-0.05, 0) is 47.4 Å². The molecule has 0 unspecified atom stereocenters. The molecule has 98 valence electrons. The fourth-order valence-electron chi connectivity index (χ4n) is 4.09. The van der Waals surface area contributed by atoms with Crippen LogP contribution in [0.3, 0.4) is 0 Å². The van der Waals surface area contributed by atoms with Crippen LogP contribution in [0, 0.1) is 26.9 Å². The van der Waals surface area contributed by atoms with Gasteiger partial charge in [-0.3, -0.25) is 0 Å². The minimum atomic E-state index is -0.536. The second-order valence-corrected chi connectivity index (χ2v) is 6.28. The van der Waals surface area contributed by atoms with Crippen molar-refractivity contribution in [2.24, 2.45) is 16.7 Å². The van der Waals surface area contributed by atoms with Crippen molar-refractivity contribution in [2.75, 3.05) is 0 Å². The molecule has 0 amide bonds. The van der Waals surface area contributed by atoms with Crippen LogP contribution < -0.4 is 0 Å². The van der Waals surface area contributed by atoms with Gasteiger partial charge in [0.1, 0.15) is 0 Å². The van der Waals surface area contributed by atoms with Crippen molar-refractivity contribution in [3.05, 3.63) is 16.4 Å². The quantitative estimate of drug-likeness (QED) is 0.610. The lowest BCUT2D eigenvalue weighted by atomic mass is 9.69. The van der Waals surface area contributed by atoms with E-state index in [-0.39, 0.29) is 11.4 Å². The molecule has 2 bridgehead atoms. The number of fused-ring (bicyclic) bond motifs is 2. The minimum Gasteiger partial charge on any atom is -0.390 e. The Hall–Kier alpha value is -1.46. The first-order valence-corrected chi connectivity index (χ1v) is 6.48. The summed E-state index contributed by atoms with van der Waals surface area (Å²) in [6.07, 6.45) is 6.47. The molecule has 1 heterocycles. The summed E-state index contributed by atoms with van der Waals surface area (Å²) < 4.78 is 1.66. The zero-order chi connectivity index (χ0) is 13.0. The third-order valence-electron chi connectivity index (χ3n) is 5.48. The third-order valence-corrected chi connectivity index (χ3v) is 5.48. The average molecular weight is 250 g/mol. The Kier molecular flexibility index (Phi) is 2.27. The van der Waals surface area contributed by atoms with Crippen LogP contribution in [-0.4, -0.2) is 19.7 Å². The van der Waals surface area contributed by atoms with Crippen LogP contribution in [-0.2, 0) is 6.54 Å². The maximum atomic E-state index is 10.6. The van der Waals surface area contributed by atoms with Crippen LogP contribution >= 0.6 is 0 Å². The lowest BCUT2D eigenvalue weighted by molar-refractivity contribution is -0.394. The highest BCUT2D eigenvalue weighted by Gasteiger charge is 2.59. The largest absolute Gasteiger partial charge is 0.490 e. The van der Waals surface area contributed by atoms with Gasteiger partial charge in [-0.2, -0.15) is 4.68 Å². The molecule has 0 atom stereocenters. The minimum absolute atomic E-state index is 0.249. The van der Waals surface area contributed by atoms with Crippen molar-refractivity contribution in [1.29, 1.82) is 0 Å². The maximum Gasteiger partial charge on any atom is 0.490 e. The van der Waals surface area contributed by atoms with E-state index in [0.29, 0.717) is 5.41 Å². The van der Waals surface area contributed by atoms with Gasteiger partial charge in [0, 0.05) is 5.10 Å². The van der Waals surface area contributed by atoms with Crippen molar-refractivity contribution >= 4 is 5.95 Å². The molecule has 0 aromatic carbocycles. The van der Waals surface area contributed by atoms with Gasteiger partial charge >= 0.3 is 5.95 Å². The summed E-state index contributed by atoms with van der Waals surface area (Å²) in [4.78, 5) is 13.8. The summed E-state index contributed by atoms with van der Waals surface area (Å²) in [5.41, 5.74) is 0.562. The summed E-state index contributed by atoms with van der Waals surface area (Å²) in [7, 11) is 0. The topological polar surface area (TPSA) is 73.8 Å². The van der Waals surface area contributed by atoms with Gasteiger partial charge in [0.25, 0.3) is 0 Å². The number of rotatable bonds is 3. The molecule has 6 nitrogen and oxygen atoms in total. The average Bonchev–Trinajstić information content (AvgIpc) is 2.92. The number of aromatic nitrogens is 3. The maximum absolute atomic E-state index is 10.6. The van der Waals surface area contributed by atoms with Gasteiger partial charge in [0.15, 0.2) is 0 Å². The van der Waals surface area contributed by atoms with E-state index in [1.54, 1.807) is 4.68 Å². The summed E-state index contributed by atoms with van der Waals surface area (Å²) >= 11 is 0. The second kappa shape index (κ2) is 3.52. The van der Waals surface area contributed by atoms with Crippen LogP contribution in [0.1, 0.15) is 39.5 Å². The molecule has 2 aliphatic rings. The second-order valence-electron chi connectivity index (χ2n) is 6.28. The molecule has 2 fully saturated rings. The van der Waals surface area contributed by atoms with Crippen LogP contribution in [0.25, 0.3) is 0 Å². The van der Waals surface area contributed by atoms with Gasteiger partial charge < -0.3 is 10.1 Å². The molecule has 0 saturated heterocycles. The highest BCUT2D eigenvalue weighted by molar-refractivity contribution is 5.08. The van der Waals surface area contributed by atoms with E-state index in [1.807, 2.05) is 0 Å². The van der Waals surface area contributed by atoms with Gasteiger partial charge in [0.05, 0.1) is 6.54 Å². The molecule has 0 spiro atoms. The summed E-state index contributed by atoms with van der Waals surface area (Å²) in [6.45, 7) is 5.43. The highest BCUT2D eigenvalue weighted by atomic mass is 16.6. The smallest absolute Gasteiger partial charge is 0.390 e. The number of nitro groups is 1. The summed E-state index contributed by atoms with van der Waals surface area (Å²) in [5.74, 6) is 0.507. The third kappa shape index (κ3) is 1.41. The standard InChI is InChI=1S/C12H18N4O2/c1-11(2)9-3-5-12(11,6-4-9)7-15-8-13-10(14-15)16(17)18/h8-9H,3-7H2,1-2H3. The lowest BCUT2D eigenvalue weighted by Crippen LogP contribution is -2.34. The Morgan fingerprint density at radius 2 is 2.17 bits per heavy atom. The first-order chi connectivity index (χ1) is 8.45. The van der Waals surface area contributed by atoms with Crippen molar-refractivity contribution in [3.63, 3.8) is 0 Å². The van der Waals surface area contributed by atoms with E-state index < -0.39 is 4.92 Å². The van der Waals surface area contributed by atoms with Crippen molar-refractivity contribution in [2.45, 2.75) is 46.1 Å². The van der Waals surface area contributed by atoms with E-state index in [4.69, 9.17) is 0 Å². The van der Waals surface area contributed by atoms with Crippen molar-refractivity contribution in [3.8, 4) is 0 Å². The van der Waals surface area contributed by atoms with Gasteiger partial charge in [-0.15, -0.1) is 0 Å². The molecule has 6 heteroatoms. The first-order valence-electron chi connectivity index (χ1n) is 6.48. The number of hydrogen-bond donors (Lipinski definition) is 0. The number of nitrogens with zero attached hydrogens (tertiary/aromatic N) is 4. The molecule has 1 aromatic heterocycles. The predicted molar refractivity (Wildman–Crippen MR) is 64.8 cm³/mol. The van der Waals surface area contributed by atoms with Crippen LogP contribution in [0.15, 0.2) is 6.33 Å². The fourth-order valence-corrected chi connectivity index (χ4v) is 4.09. The summed E-state index contributed by atoms with van der Waals surface area (Å²) in [5, 5.41) is 14.6. The van der Waals surface area contributed by atoms with Gasteiger partial charge in [-0.1, -0.05) is 18.8 Å². The first kappa shape index (κ1) is 11.6. The molecular weight excluding hydrogens is 232 g/mol. The fraction of sp³-hybridized carbons (Fsp3) is 0.833. The molecule has 1 aromatic rings. The zero-order valence-corrected chi connectivity index (χ0v) is 10.8.